The van der Waals surface area contributed by atoms with E-state index in [0.717, 1.165) is 35.5 Å². The van der Waals surface area contributed by atoms with Crippen LogP contribution in [0, 0.1) is 6.92 Å². The number of nitrogens with zero attached hydrogens (tertiary/aromatic N) is 4. The summed E-state index contributed by atoms with van der Waals surface area (Å²) in [6.07, 6.45) is 0.517. The molecule has 1 N–H and O–H groups in total. The molecule has 1 atom stereocenters. The van der Waals surface area contributed by atoms with E-state index in [-0.39, 0.29) is 30.6 Å². The zero-order valence-electron chi connectivity index (χ0n) is 24.2. The third-order valence-electron chi connectivity index (χ3n) is 7.16. The highest BCUT2D eigenvalue weighted by Crippen LogP contribution is 2.36. The quantitative estimate of drug-likeness (QED) is 0.486. The lowest BCUT2D eigenvalue weighted by Crippen LogP contribution is -2.50. The number of benzene rings is 2. The van der Waals surface area contributed by atoms with Crippen molar-refractivity contribution >= 4 is 17.6 Å². The van der Waals surface area contributed by atoms with Gasteiger partial charge in [-0.2, -0.15) is 5.10 Å². The van der Waals surface area contributed by atoms with E-state index in [1.165, 1.54) is 5.01 Å². The van der Waals surface area contributed by atoms with Gasteiger partial charge in [0.25, 0.3) is 5.91 Å². The molecule has 40 heavy (non-hydrogen) atoms. The number of aryl methyl sites for hydroxylation is 1. The van der Waals surface area contributed by atoms with Crippen molar-refractivity contribution in [3.8, 4) is 11.5 Å². The Morgan fingerprint density at radius 1 is 1.10 bits per heavy atom. The number of methoxy groups -OCH3 is 2. The minimum absolute atomic E-state index is 0.0484. The molecular weight excluding hydrogens is 510 g/mol. The van der Waals surface area contributed by atoms with E-state index in [1.54, 1.807) is 19.1 Å². The van der Waals surface area contributed by atoms with Gasteiger partial charge in [0.2, 0.25) is 0 Å². The van der Waals surface area contributed by atoms with Crippen molar-refractivity contribution in [3.63, 3.8) is 0 Å². The molecule has 0 radical (unpaired) electrons. The second kappa shape index (κ2) is 13.6. The molecule has 2 aliphatic rings. The second-order valence-corrected chi connectivity index (χ2v) is 10.5. The molecule has 10 heteroatoms. The Morgan fingerprint density at radius 2 is 1.82 bits per heavy atom. The number of amides is 3. The number of carbonyl (C=O) groups is 2. The number of hydrazone groups is 1. The fourth-order valence-corrected chi connectivity index (χ4v) is 4.90. The van der Waals surface area contributed by atoms with Crippen molar-refractivity contribution in [2.45, 2.75) is 39.3 Å². The SMILES string of the molecule is COc1ccc(C2=NN(C(=O)CN(CCN3CCOCC3)C(=O)NC(C)C)C(c3ccc(C)cc3)C2)c(OC)c1. The zero-order chi connectivity index (χ0) is 28.6. The minimum Gasteiger partial charge on any atom is -0.497 e. The molecule has 2 heterocycles. The highest BCUT2D eigenvalue weighted by Gasteiger charge is 2.35. The molecule has 216 valence electrons. The Bertz CT molecular complexity index is 1190. The molecule has 0 bridgehead atoms. The lowest BCUT2D eigenvalue weighted by atomic mass is 9.97. The molecule has 3 amide bonds. The van der Waals surface area contributed by atoms with Gasteiger partial charge in [0.1, 0.15) is 18.0 Å². The molecule has 2 aliphatic heterocycles. The summed E-state index contributed by atoms with van der Waals surface area (Å²) in [5.74, 6) is 1.06. The molecular formula is C30H41N5O5. The number of rotatable bonds is 10. The topological polar surface area (TPSA) is 95.9 Å². The molecule has 0 aliphatic carbocycles. The first-order valence-electron chi connectivity index (χ1n) is 13.8. The summed E-state index contributed by atoms with van der Waals surface area (Å²) in [6.45, 7) is 9.84. The maximum absolute atomic E-state index is 13.9. The third kappa shape index (κ3) is 7.31. The largest absolute Gasteiger partial charge is 0.497 e. The number of ether oxygens (including phenoxy) is 3. The smallest absolute Gasteiger partial charge is 0.318 e. The molecule has 0 saturated carbocycles. The number of morpholine rings is 1. The molecule has 4 rings (SSSR count). The van der Waals surface area contributed by atoms with E-state index in [2.05, 4.69) is 10.2 Å². The fourth-order valence-electron chi connectivity index (χ4n) is 4.90. The minimum atomic E-state index is -0.302. The number of carbonyl (C=O) groups excluding carboxylic acids is 2. The highest BCUT2D eigenvalue weighted by molar-refractivity contribution is 6.05. The first-order chi connectivity index (χ1) is 19.3. The summed E-state index contributed by atoms with van der Waals surface area (Å²) in [4.78, 5) is 30.9. The van der Waals surface area contributed by atoms with Gasteiger partial charge in [0.15, 0.2) is 0 Å². The van der Waals surface area contributed by atoms with E-state index in [9.17, 15) is 9.59 Å². The van der Waals surface area contributed by atoms with Crippen LogP contribution in [-0.4, -0.2) is 98.7 Å². The van der Waals surface area contributed by atoms with Gasteiger partial charge in [-0.25, -0.2) is 9.80 Å². The van der Waals surface area contributed by atoms with Crippen molar-refractivity contribution in [2.24, 2.45) is 5.10 Å². The molecule has 1 saturated heterocycles. The van der Waals surface area contributed by atoms with Crippen LogP contribution in [0.1, 0.15) is 43.0 Å². The highest BCUT2D eigenvalue weighted by atomic mass is 16.5. The molecule has 10 nitrogen and oxygen atoms in total. The number of hydrogen-bond acceptors (Lipinski definition) is 7. The summed E-state index contributed by atoms with van der Waals surface area (Å²) in [6, 6.07) is 13.1. The van der Waals surface area contributed by atoms with Gasteiger partial charge in [-0.15, -0.1) is 0 Å². The molecule has 1 fully saturated rings. The molecule has 0 spiro atoms. The van der Waals surface area contributed by atoms with E-state index in [0.29, 0.717) is 44.2 Å². The van der Waals surface area contributed by atoms with Crippen molar-refractivity contribution < 1.29 is 23.8 Å². The second-order valence-electron chi connectivity index (χ2n) is 10.5. The monoisotopic (exact) mass is 551 g/mol. The Hall–Kier alpha value is -3.63. The number of nitrogens with one attached hydrogen (secondary N) is 1. The third-order valence-corrected chi connectivity index (χ3v) is 7.16. The molecule has 2 aromatic carbocycles. The van der Waals surface area contributed by atoms with Gasteiger partial charge in [0.05, 0.1) is 39.2 Å². The van der Waals surface area contributed by atoms with Gasteiger partial charge < -0.3 is 24.4 Å². The van der Waals surface area contributed by atoms with E-state index in [1.807, 2.05) is 63.2 Å². The summed E-state index contributed by atoms with van der Waals surface area (Å²) >= 11 is 0. The average Bonchev–Trinajstić information content (AvgIpc) is 3.40. The van der Waals surface area contributed by atoms with Crippen molar-refractivity contribution in [1.82, 2.24) is 20.1 Å². The zero-order valence-corrected chi connectivity index (χ0v) is 24.2. The van der Waals surface area contributed by atoms with Gasteiger partial charge in [0, 0.05) is 50.3 Å². The first kappa shape index (κ1) is 29.4. The van der Waals surface area contributed by atoms with Crippen LogP contribution in [0.2, 0.25) is 0 Å². The van der Waals surface area contributed by atoms with Gasteiger partial charge in [-0.05, 0) is 38.5 Å². The lowest BCUT2D eigenvalue weighted by molar-refractivity contribution is -0.133. The standard InChI is InChI=1S/C30H41N5O5/c1-21(2)31-30(37)34(13-12-33-14-16-40-17-15-33)20-29(36)35-27(23-8-6-22(3)7-9-23)19-26(32-35)25-11-10-24(38-4)18-28(25)39-5/h6-11,18,21,27H,12-17,19-20H2,1-5H3,(H,31,37). The average molecular weight is 552 g/mol. The predicted molar refractivity (Wildman–Crippen MR) is 154 cm³/mol. The van der Waals surface area contributed by atoms with Crippen LogP contribution in [0.5, 0.6) is 11.5 Å². The van der Waals surface area contributed by atoms with Gasteiger partial charge >= 0.3 is 6.03 Å². The normalized spacial score (nSPS) is 17.5. The molecule has 2 aromatic rings. The van der Waals surface area contributed by atoms with E-state index < -0.39 is 0 Å². The van der Waals surface area contributed by atoms with Crippen LogP contribution in [0.15, 0.2) is 47.6 Å². The van der Waals surface area contributed by atoms with Gasteiger partial charge in [-0.1, -0.05) is 29.8 Å². The van der Waals surface area contributed by atoms with Crippen LogP contribution >= 0.6 is 0 Å². The maximum atomic E-state index is 13.9. The fraction of sp³-hybridized carbons (Fsp3) is 0.500. The van der Waals surface area contributed by atoms with Crippen LogP contribution < -0.4 is 14.8 Å². The van der Waals surface area contributed by atoms with Crippen LogP contribution in [-0.2, 0) is 9.53 Å². The Morgan fingerprint density at radius 3 is 2.48 bits per heavy atom. The Balaban J connectivity index is 1.60. The Labute approximate surface area is 236 Å². The Kier molecular flexibility index (Phi) is 10.0. The maximum Gasteiger partial charge on any atom is 0.318 e. The van der Waals surface area contributed by atoms with Crippen LogP contribution in [0.4, 0.5) is 4.79 Å². The lowest BCUT2D eigenvalue weighted by Gasteiger charge is -2.31. The van der Waals surface area contributed by atoms with Crippen LogP contribution in [0.25, 0.3) is 0 Å². The summed E-state index contributed by atoms with van der Waals surface area (Å²) < 4.78 is 16.4. The van der Waals surface area contributed by atoms with Crippen molar-refractivity contribution in [2.75, 3.05) is 60.2 Å². The summed E-state index contributed by atoms with van der Waals surface area (Å²) in [5.41, 5.74) is 3.66. The van der Waals surface area contributed by atoms with Crippen molar-refractivity contribution in [1.29, 1.82) is 0 Å². The summed E-state index contributed by atoms with van der Waals surface area (Å²) in [5, 5.41) is 9.30. The number of hydrogen-bond donors (Lipinski definition) is 1. The predicted octanol–water partition coefficient (Wildman–Crippen LogP) is 3.44. The first-order valence-corrected chi connectivity index (χ1v) is 13.8. The van der Waals surface area contributed by atoms with E-state index in [4.69, 9.17) is 19.3 Å². The van der Waals surface area contributed by atoms with Crippen molar-refractivity contribution in [3.05, 3.63) is 59.2 Å². The molecule has 1 unspecified atom stereocenters. The number of urea groups is 1. The summed E-state index contributed by atoms with van der Waals surface area (Å²) in [7, 11) is 3.21. The van der Waals surface area contributed by atoms with E-state index >= 15 is 0 Å². The van der Waals surface area contributed by atoms with Gasteiger partial charge in [-0.3, -0.25) is 9.69 Å². The van der Waals surface area contributed by atoms with Crippen LogP contribution in [0.3, 0.4) is 0 Å². The molecule has 0 aromatic heterocycles.